The van der Waals surface area contributed by atoms with Crippen LogP contribution in [0.4, 0.5) is 0 Å². The van der Waals surface area contributed by atoms with E-state index in [1.807, 2.05) is 18.8 Å². The van der Waals surface area contributed by atoms with Crippen molar-refractivity contribution in [2.75, 3.05) is 12.8 Å². The fourth-order valence-electron chi connectivity index (χ4n) is 3.06. The van der Waals surface area contributed by atoms with Gasteiger partial charge in [-0.1, -0.05) is 6.92 Å². The van der Waals surface area contributed by atoms with Crippen LogP contribution in [0, 0.1) is 0 Å². The van der Waals surface area contributed by atoms with Crippen molar-refractivity contribution < 1.29 is 19.4 Å². The van der Waals surface area contributed by atoms with Gasteiger partial charge in [0, 0.05) is 18.3 Å². The molecule has 2 aliphatic rings. The molecule has 6 heteroatoms. The Morgan fingerprint density at radius 2 is 1.95 bits per heavy atom. The van der Waals surface area contributed by atoms with Crippen molar-refractivity contribution in [2.24, 2.45) is 0 Å². The number of carboxylic acid groups (broad SMARTS) is 1. The second-order valence-electron chi connectivity index (χ2n) is 5.52. The van der Waals surface area contributed by atoms with E-state index >= 15 is 0 Å². The first kappa shape index (κ1) is 15.6. The molecule has 1 saturated heterocycles. The lowest BCUT2D eigenvalue weighted by molar-refractivity contribution is -0.155. The molecule has 0 aromatic rings. The highest BCUT2D eigenvalue weighted by Gasteiger charge is 2.38. The standard InChI is InChI=1S/C14H23NO4S/c1-3-20-10-5-4-9(8-10)15(2)13(16)11-6-7-12(19-11)14(17)18/h9-12H,3-8H2,1-2H3,(H,17,18)/t9?,10?,11-,12+/m0/s1. The summed E-state index contributed by atoms with van der Waals surface area (Å²) in [6.07, 6.45) is 2.79. The van der Waals surface area contributed by atoms with Gasteiger partial charge in [-0.3, -0.25) is 4.79 Å². The summed E-state index contributed by atoms with van der Waals surface area (Å²) in [5.41, 5.74) is 0. The van der Waals surface area contributed by atoms with Crippen LogP contribution < -0.4 is 0 Å². The third-order valence-electron chi connectivity index (χ3n) is 4.23. The lowest BCUT2D eigenvalue weighted by Gasteiger charge is -2.27. The number of hydrogen-bond donors (Lipinski definition) is 1. The number of aliphatic carboxylic acids is 1. The van der Waals surface area contributed by atoms with E-state index in [0.29, 0.717) is 18.1 Å². The number of carbonyl (C=O) groups excluding carboxylic acids is 1. The minimum Gasteiger partial charge on any atom is -0.479 e. The zero-order valence-electron chi connectivity index (χ0n) is 12.1. The van der Waals surface area contributed by atoms with E-state index in [2.05, 4.69) is 6.92 Å². The largest absolute Gasteiger partial charge is 0.479 e. The number of carbonyl (C=O) groups is 2. The predicted octanol–water partition coefficient (Wildman–Crippen LogP) is 1.75. The molecule has 0 spiro atoms. The number of hydrogen-bond acceptors (Lipinski definition) is 4. The quantitative estimate of drug-likeness (QED) is 0.838. The Bertz CT molecular complexity index is 376. The van der Waals surface area contributed by atoms with Gasteiger partial charge in [0.25, 0.3) is 5.91 Å². The molecule has 0 aromatic carbocycles. The van der Waals surface area contributed by atoms with Crippen molar-refractivity contribution in [1.29, 1.82) is 0 Å². The lowest BCUT2D eigenvalue weighted by atomic mass is 10.1. The van der Waals surface area contributed by atoms with Crippen LogP contribution in [0.5, 0.6) is 0 Å². The van der Waals surface area contributed by atoms with Gasteiger partial charge in [0.15, 0.2) is 6.10 Å². The van der Waals surface area contributed by atoms with Gasteiger partial charge >= 0.3 is 5.97 Å². The fourth-order valence-corrected chi connectivity index (χ4v) is 4.20. The SMILES string of the molecule is CCSC1CCC(N(C)C(=O)[C@@H]2CC[C@H](C(=O)O)O2)C1. The molecule has 1 N–H and O–H groups in total. The van der Waals surface area contributed by atoms with Crippen LogP contribution in [-0.4, -0.2) is 58.2 Å². The van der Waals surface area contributed by atoms with Crippen molar-refractivity contribution in [1.82, 2.24) is 4.90 Å². The van der Waals surface area contributed by atoms with E-state index in [4.69, 9.17) is 9.84 Å². The molecule has 2 rings (SSSR count). The molecule has 1 saturated carbocycles. The molecule has 1 heterocycles. The van der Waals surface area contributed by atoms with Gasteiger partial charge in [-0.15, -0.1) is 0 Å². The molecule has 1 aliphatic carbocycles. The van der Waals surface area contributed by atoms with Crippen molar-refractivity contribution in [2.45, 2.75) is 62.5 Å². The Labute approximate surface area is 124 Å². The van der Waals surface area contributed by atoms with Gasteiger partial charge in [0.1, 0.15) is 6.10 Å². The first-order chi connectivity index (χ1) is 9.52. The monoisotopic (exact) mass is 301 g/mol. The molecule has 2 fully saturated rings. The summed E-state index contributed by atoms with van der Waals surface area (Å²) in [5.74, 6) is 0.0882. The normalized spacial score (nSPS) is 33.3. The first-order valence-electron chi connectivity index (χ1n) is 7.29. The number of thioether (sulfide) groups is 1. The molecule has 1 aliphatic heterocycles. The molecule has 2 unspecified atom stereocenters. The molecule has 5 nitrogen and oxygen atoms in total. The topological polar surface area (TPSA) is 66.8 Å². The summed E-state index contributed by atoms with van der Waals surface area (Å²) >= 11 is 1.96. The van der Waals surface area contributed by atoms with Gasteiger partial charge < -0.3 is 14.7 Å². The van der Waals surface area contributed by atoms with Crippen LogP contribution in [-0.2, 0) is 14.3 Å². The van der Waals surface area contributed by atoms with Crippen LogP contribution in [0.3, 0.4) is 0 Å². The minimum absolute atomic E-state index is 0.0547. The van der Waals surface area contributed by atoms with E-state index in [1.54, 1.807) is 4.90 Å². The third kappa shape index (κ3) is 3.47. The first-order valence-corrected chi connectivity index (χ1v) is 8.34. The predicted molar refractivity (Wildman–Crippen MR) is 77.9 cm³/mol. The Morgan fingerprint density at radius 1 is 1.25 bits per heavy atom. The van der Waals surface area contributed by atoms with Crippen molar-refractivity contribution in [3.63, 3.8) is 0 Å². The summed E-state index contributed by atoms with van der Waals surface area (Å²) in [4.78, 5) is 25.0. The number of amides is 1. The Hall–Kier alpha value is -0.750. The number of ether oxygens (including phenoxy) is 1. The van der Waals surface area contributed by atoms with Crippen molar-refractivity contribution >= 4 is 23.6 Å². The van der Waals surface area contributed by atoms with Crippen molar-refractivity contribution in [3.05, 3.63) is 0 Å². The highest BCUT2D eigenvalue weighted by atomic mass is 32.2. The second-order valence-corrected chi connectivity index (χ2v) is 7.10. The average molecular weight is 301 g/mol. The van der Waals surface area contributed by atoms with Crippen LogP contribution >= 0.6 is 11.8 Å². The van der Waals surface area contributed by atoms with Crippen LogP contribution in [0.2, 0.25) is 0 Å². The van der Waals surface area contributed by atoms with Crippen molar-refractivity contribution in [3.8, 4) is 0 Å². The van der Waals surface area contributed by atoms with E-state index in [1.165, 1.54) is 0 Å². The van der Waals surface area contributed by atoms with E-state index in [-0.39, 0.29) is 11.9 Å². The minimum atomic E-state index is -0.969. The maximum absolute atomic E-state index is 12.4. The highest BCUT2D eigenvalue weighted by Crippen LogP contribution is 2.33. The van der Waals surface area contributed by atoms with Gasteiger partial charge in [-0.05, 0) is 37.9 Å². The number of rotatable bonds is 5. The zero-order chi connectivity index (χ0) is 14.7. The van der Waals surface area contributed by atoms with Crippen LogP contribution in [0.1, 0.15) is 39.0 Å². The molecule has 4 atom stereocenters. The van der Waals surface area contributed by atoms with Crippen LogP contribution in [0.15, 0.2) is 0 Å². The number of nitrogens with zero attached hydrogens (tertiary/aromatic N) is 1. The summed E-state index contributed by atoms with van der Waals surface area (Å²) in [6, 6.07) is 0.277. The molecule has 114 valence electrons. The maximum Gasteiger partial charge on any atom is 0.332 e. The zero-order valence-corrected chi connectivity index (χ0v) is 12.9. The summed E-state index contributed by atoms with van der Waals surface area (Å²) in [5, 5.41) is 9.55. The second kappa shape index (κ2) is 6.80. The summed E-state index contributed by atoms with van der Waals surface area (Å²) in [7, 11) is 1.82. The molecule has 0 radical (unpaired) electrons. The van der Waals surface area contributed by atoms with Gasteiger partial charge in [0.2, 0.25) is 0 Å². The lowest BCUT2D eigenvalue weighted by Crippen LogP contribution is -2.42. The molecule has 20 heavy (non-hydrogen) atoms. The molecular formula is C14H23NO4S. The smallest absolute Gasteiger partial charge is 0.332 e. The van der Waals surface area contributed by atoms with Gasteiger partial charge in [0.05, 0.1) is 0 Å². The third-order valence-corrected chi connectivity index (χ3v) is 5.46. The van der Waals surface area contributed by atoms with Crippen LogP contribution in [0.25, 0.3) is 0 Å². The average Bonchev–Trinajstić information content (AvgIpc) is 3.06. The van der Waals surface area contributed by atoms with E-state index in [9.17, 15) is 9.59 Å². The van der Waals surface area contributed by atoms with E-state index < -0.39 is 18.2 Å². The molecule has 1 amide bonds. The molecule has 0 bridgehead atoms. The summed E-state index contributed by atoms with van der Waals surface area (Å²) < 4.78 is 5.34. The molecule has 0 aromatic heterocycles. The van der Waals surface area contributed by atoms with Gasteiger partial charge in [-0.2, -0.15) is 11.8 Å². The Kier molecular flexibility index (Phi) is 5.32. The Morgan fingerprint density at radius 3 is 2.55 bits per heavy atom. The molecular weight excluding hydrogens is 278 g/mol. The van der Waals surface area contributed by atoms with E-state index in [0.717, 1.165) is 25.0 Å². The van der Waals surface area contributed by atoms with Gasteiger partial charge in [-0.25, -0.2) is 4.79 Å². The highest BCUT2D eigenvalue weighted by molar-refractivity contribution is 7.99. The number of likely N-dealkylation sites (N-methyl/N-ethyl adjacent to an activating group) is 1. The summed E-state index contributed by atoms with van der Waals surface area (Å²) in [6.45, 7) is 2.16. The fraction of sp³-hybridized carbons (Fsp3) is 0.857. The maximum atomic E-state index is 12.4. The Balaban J connectivity index is 1.85. The number of carboxylic acids is 1.